The second kappa shape index (κ2) is 18.8. The summed E-state index contributed by atoms with van der Waals surface area (Å²) >= 11 is 0. The standard InChI is InChI=1S/2C12H10O2.2C5H5.Zr/c2*13-10-5-4-8-12(9-10)14-11-6-2-1-3-7-11;2*1-2-4-5-3-1;/h2*1-9,13H;2*1-5H;/q;;2*-1;+2. The maximum atomic E-state index is 9.21. The summed E-state index contributed by atoms with van der Waals surface area (Å²) < 4.78 is 11.0. The summed E-state index contributed by atoms with van der Waals surface area (Å²) in [5.41, 5.74) is 0. The van der Waals surface area contributed by atoms with Crippen molar-refractivity contribution in [1.82, 2.24) is 0 Å². The van der Waals surface area contributed by atoms with Crippen molar-refractivity contribution < 1.29 is 45.9 Å². The molecular formula is C34H30O4Zr. The third-order valence-corrected chi connectivity index (χ3v) is 4.70. The summed E-state index contributed by atoms with van der Waals surface area (Å²) in [6, 6.07) is 52.4. The maximum Gasteiger partial charge on any atom is 2.00 e. The van der Waals surface area contributed by atoms with Gasteiger partial charge in [0.05, 0.1) is 0 Å². The Kier molecular flexibility index (Phi) is 14.9. The van der Waals surface area contributed by atoms with Crippen LogP contribution in [-0.2, 0) is 26.2 Å². The van der Waals surface area contributed by atoms with Gasteiger partial charge in [-0.1, -0.05) is 48.5 Å². The number of aromatic hydroxyl groups is 2. The maximum absolute atomic E-state index is 9.21. The zero-order valence-electron chi connectivity index (χ0n) is 21.4. The molecular weight excluding hydrogens is 564 g/mol. The molecule has 6 aromatic rings. The van der Waals surface area contributed by atoms with Crippen LogP contribution in [0.25, 0.3) is 0 Å². The third-order valence-electron chi connectivity index (χ3n) is 4.70. The van der Waals surface area contributed by atoms with E-state index in [0.717, 1.165) is 11.5 Å². The predicted molar refractivity (Wildman–Crippen MR) is 153 cm³/mol. The minimum absolute atomic E-state index is 0. The van der Waals surface area contributed by atoms with E-state index in [1.54, 1.807) is 48.5 Å². The van der Waals surface area contributed by atoms with Crippen LogP contribution in [0.15, 0.2) is 170 Å². The van der Waals surface area contributed by atoms with E-state index in [2.05, 4.69) is 0 Å². The fraction of sp³-hybridized carbons (Fsp3) is 0. The number of benzene rings is 4. The molecule has 5 heteroatoms. The second-order valence-electron chi connectivity index (χ2n) is 7.75. The molecule has 2 N–H and O–H groups in total. The number of ether oxygens (including phenoxy) is 2. The zero-order valence-corrected chi connectivity index (χ0v) is 23.8. The smallest absolute Gasteiger partial charge is 0.508 e. The van der Waals surface area contributed by atoms with Crippen LogP contribution in [0.2, 0.25) is 0 Å². The molecule has 0 atom stereocenters. The first kappa shape index (κ1) is 30.9. The van der Waals surface area contributed by atoms with Crippen molar-refractivity contribution in [2.24, 2.45) is 0 Å². The molecule has 0 saturated carbocycles. The second-order valence-corrected chi connectivity index (χ2v) is 7.75. The largest absolute Gasteiger partial charge is 2.00 e. The van der Waals surface area contributed by atoms with E-state index in [1.807, 2.05) is 121 Å². The van der Waals surface area contributed by atoms with Crippen molar-refractivity contribution in [1.29, 1.82) is 0 Å². The minimum Gasteiger partial charge on any atom is -0.508 e. The van der Waals surface area contributed by atoms with Crippen molar-refractivity contribution in [3.8, 4) is 34.5 Å². The van der Waals surface area contributed by atoms with Gasteiger partial charge in [-0.3, -0.25) is 0 Å². The van der Waals surface area contributed by atoms with Crippen LogP contribution in [-0.4, -0.2) is 10.2 Å². The van der Waals surface area contributed by atoms with Crippen LogP contribution in [0.4, 0.5) is 0 Å². The zero-order chi connectivity index (χ0) is 26.7. The quantitative estimate of drug-likeness (QED) is 0.200. The third kappa shape index (κ3) is 13.7. The molecule has 194 valence electrons. The minimum atomic E-state index is 0. The van der Waals surface area contributed by atoms with E-state index in [0.29, 0.717) is 11.5 Å². The van der Waals surface area contributed by atoms with Gasteiger partial charge >= 0.3 is 26.2 Å². The van der Waals surface area contributed by atoms with Crippen LogP contribution in [0.5, 0.6) is 34.5 Å². The Bertz CT molecular complexity index is 1220. The van der Waals surface area contributed by atoms with E-state index in [4.69, 9.17) is 9.47 Å². The molecule has 6 aromatic carbocycles. The first-order valence-corrected chi connectivity index (χ1v) is 12.1. The van der Waals surface area contributed by atoms with E-state index >= 15 is 0 Å². The number of hydrogen-bond donors (Lipinski definition) is 2. The van der Waals surface area contributed by atoms with Gasteiger partial charge in [0.2, 0.25) is 0 Å². The fourth-order valence-electron chi connectivity index (χ4n) is 2.98. The average molecular weight is 594 g/mol. The Hall–Kier alpha value is -4.34. The molecule has 39 heavy (non-hydrogen) atoms. The molecule has 0 aliphatic rings. The molecule has 0 spiro atoms. The number of phenolic OH excluding ortho intramolecular Hbond substituents is 2. The van der Waals surface area contributed by atoms with Gasteiger partial charge in [-0.05, 0) is 48.5 Å². The molecule has 0 aliphatic carbocycles. The van der Waals surface area contributed by atoms with Crippen molar-refractivity contribution in [3.63, 3.8) is 0 Å². The van der Waals surface area contributed by atoms with Gasteiger partial charge in [-0.15, -0.1) is 0 Å². The molecule has 0 aliphatic heterocycles. The van der Waals surface area contributed by atoms with Crippen molar-refractivity contribution >= 4 is 0 Å². The number of para-hydroxylation sites is 2. The van der Waals surface area contributed by atoms with Crippen molar-refractivity contribution in [2.75, 3.05) is 0 Å². The Morgan fingerprint density at radius 2 is 0.718 bits per heavy atom. The Balaban J connectivity index is 0.000000199. The molecule has 0 heterocycles. The molecule has 0 fully saturated rings. The summed E-state index contributed by atoms with van der Waals surface area (Å²) in [5, 5.41) is 18.4. The van der Waals surface area contributed by atoms with Crippen molar-refractivity contribution in [2.45, 2.75) is 0 Å². The Morgan fingerprint density at radius 3 is 1.00 bits per heavy atom. The average Bonchev–Trinajstić information content (AvgIpc) is 3.71. The van der Waals surface area contributed by atoms with Crippen LogP contribution in [0, 0.1) is 0 Å². The molecule has 0 saturated heterocycles. The van der Waals surface area contributed by atoms with Gasteiger partial charge in [0.25, 0.3) is 0 Å². The number of rotatable bonds is 4. The molecule has 0 radical (unpaired) electrons. The van der Waals surface area contributed by atoms with E-state index in [9.17, 15) is 10.2 Å². The van der Waals surface area contributed by atoms with Crippen molar-refractivity contribution in [3.05, 3.63) is 170 Å². The van der Waals surface area contributed by atoms with Crippen LogP contribution in [0.3, 0.4) is 0 Å². The van der Waals surface area contributed by atoms with Gasteiger partial charge < -0.3 is 19.7 Å². The predicted octanol–water partition coefficient (Wildman–Crippen LogP) is 9.18. The molecule has 4 nitrogen and oxygen atoms in total. The van der Waals surface area contributed by atoms with Crippen LogP contribution in [0.1, 0.15) is 0 Å². The van der Waals surface area contributed by atoms with E-state index in [1.165, 1.54) is 0 Å². The van der Waals surface area contributed by atoms with Crippen LogP contribution >= 0.6 is 0 Å². The normalized spacial score (nSPS) is 9.03. The monoisotopic (exact) mass is 592 g/mol. The summed E-state index contributed by atoms with van der Waals surface area (Å²) in [4.78, 5) is 0. The summed E-state index contributed by atoms with van der Waals surface area (Å²) in [6.07, 6.45) is 0. The van der Waals surface area contributed by atoms with Gasteiger partial charge in [0, 0.05) is 12.1 Å². The Morgan fingerprint density at radius 1 is 0.385 bits per heavy atom. The van der Waals surface area contributed by atoms with Gasteiger partial charge in [0.15, 0.2) is 0 Å². The molecule has 6 rings (SSSR count). The first-order valence-electron chi connectivity index (χ1n) is 12.1. The van der Waals surface area contributed by atoms with E-state index in [-0.39, 0.29) is 37.7 Å². The molecule has 0 bridgehead atoms. The molecule has 0 aromatic heterocycles. The fourth-order valence-corrected chi connectivity index (χ4v) is 2.98. The van der Waals surface area contributed by atoms with Gasteiger partial charge in [0.1, 0.15) is 34.5 Å². The molecule has 0 amide bonds. The van der Waals surface area contributed by atoms with Gasteiger partial charge in [-0.2, -0.15) is 36.4 Å². The number of hydrogen-bond acceptors (Lipinski definition) is 4. The molecule has 0 unspecified atom stereocenters. The summed E-state index contributed by atoms with van der Waals surface area (Å²) in [6.45, 7) is 0. The van der Waals surface area contributed by atoms with Crippen LogP contribution < -0.4 is 9.47 Å². The Labute approximate surface area is 249 Å². The topological polar surface area (TPSA) is 58.9 Å². The summed E-state index contributed by atoms with van der Waals surface area (Å²) in [5.74, 6) is 3.21. The van der Waals surface area contributed by atoms with Gasteiger partial charge in [-0.25, -0.2) is 24.3 Å². The number of phenols is 2. The van der Waals surface area contributed by atoms with E-state index < -0.39 is 0 Å². The summed E-state index contributed by atoms with van der Waals surface area (Å²) in [7, 11) is 0. The first-order chi connectivity index (χ1) is 18.7. The SMILES string of the molecule is Oc1cccc(Oc2ccccc2)c1.Oc1cccc(Oc2ccccc2)c1.[Zr+2].c1cc[cH-]c1.c1cc[cH-]c1.